The highest BCUT2D eigenvalue weighted by molar-refractivity contribution is 7.10. The van der Waals surface area contributed by atoms with Gasteiger partial charge in [0.15, 0.2) is 10.8 Å². The Labute approximate surface area is 103 Å². The summed E-state index contributed by atoms with van der Waals surface area (Å²) in [4.78, 5) is 11.5. The van der Waals surface area contributed by atoms with Crippen LogP contribution in [0.4, 0.5) is 0 Å². The number of carbonyl (C=O) groups is 1. The summed E-state index contributed by atoms with van der Waals surface area (Å²) >= 11 is 1.10. The molecule has 2 rings (SSSR count). The molecule has 0 amide bonds. The SMILES string of the molecule is CC(=O)c1nn(-c2cccc(C)c2C)c(=N)s1. The molecule has 0 atom stereocenters. The first kappa shape index (κ1) is 11.7. The topological polar surface area (TPSA) is 58.7 Å². The van der Waals surface area contributed by atoms with Crippen LogP contribution in [0.15, 0.2) is 18.2 Å². The Bertz CT molecular complexity index is 639. The number of nitrogens with zero attached hydrogens (tertiary/aromatic N) is 2. The Balaban J connectivity index is 2.65. The van der Waals surface area contributed by atoms with Gasteiger partial charge < -0.3 is 0 Å². The van der Waals surface area contributed by atoms with E-state index in [1.54, 1.807) is 0 Å². The summed E-state index contributed by atoms with van der Waals surface area (Å²) in [6, 6.07) is 5.85. The molecule has 2 aromatic rings. The van der Waals surface area contributed by atoms with Crippen molar-refractivity contribution in [1.29, 1.82) is 5.41 Å². The van der Waals surface area contributed by atoms with Gasteiger partial charge in [0.05, 0.1) is 5.69 Å². The Morgan fingerprint density at radius 1 is 1.41 bits per heavy atom. The highest BCUT2D eigenvalue weighted by atomic mass is 32.1. The van der Waals surface area contributed by atoms with Crippen LogP contribution in [-0.4, -0.2) is 15.6 Å². The van der Waals surface area contributed by atoms with Crippen LogP contribution in [0.3, 0.4) is 0 Å². The summed E-state index contributed by atoms with van der Waals surface area (Å²) in [6.07, 6.45) is 0. The van der Waals surface area contributed by atoms with Gasteiger partial charge in [-0.2, -0.15) is 5.10 Å². The molecule has 1 aromatic heterocycles. The molecule has 0 aliphatic rings. The monoisotopic (exact) mass is 247 g/mol. The molecular formula is C12H13N3OS. The van der Waals surface area contributed by atoms with Gasteiger partial charge in [-0.05, 0) is 31.0 Å². The summed E-state index contributed by atoms with van der Waals surface area (Å²) in [5, 5.41) is 12.4. The molecule has 0 saturated carbocycles. The zero-order chi connectivity index (χ0) is 12.6. The fourth-order valence-corrected chi connectivity index (χ4v) is 2.24. The maximum absolute atomic E-state index is 11.2. The van der Waals surface area contributed by atoms with Crippen LogP contribution < -0.4 is 4.80 Å². The molecule has 1 N–H and O–H groups in total. The van der Waals surface area contributed by atoms with E-state index >= 15 is 0 Å². The number of aryl methyl sites for hydroxylation is 1. The van der Waals surface area contributed by atoms with E-state index in [4.69, 9.17) is 5.41 Å². The average Bonchev–Trinajstić information content (AvgIpc) is 2.65. The van der Waals surface area contributed by atoms with E-state index in [-0.39, 0.29) is 10.6 Å². The first-order valence-corrected chi connectivity index (χ1v) is 6.04. The molecule has 0 fully saturated rings. The Morgan fingerprint density at radius 2 is 2.12 bits per heavy atom. The molecule has 0 unspecified atom stereocenters. The van der Waals surface area contributed by atoms with Gasteiger partial charge in [-0.15, -0.1) is 0 Å². The van der Waals surface area contributed by atoms with Crippen LogP contribution in [-0.2, 0) is 0 Å². The number of hydrogen-bond acceptors (Lipinski definition) is 4. The van der Waals surface area contributed by atoms with E-state index in [2.05, 4.69) is 5.10 Å². The number of ketones is 1. The van der Waals surface area contributed by atoms with Gasteiger partial charge in [0.25, 0.3) is 0 Å². The number of rotatable bonds is 2. The van der Waals surface area contributed by atoms with Crippen molar-refractivity contribution in [3.05, 3.63) is 39.1 Å². The third-order valence-corrected chi connectivity index (χ3v) is 3.61. The zero-order valence-electron chi connectivity index (χ0n) is 9.94. The molecule has 17 heavy (non-hydrogen) atoms. The number of nitrogens with one attached hydrogen (secondary N) is 1. The van der Waals surface area contributed by atoms with Crippen LogP contribution in [0.2, 0.25) is 0 Å². The van der Waals surface area contributed by atoms with Gasteiger partial charge in [0.1, 0.15) is 0 Å². The lowest BCUT2D eigenvalue weighted by Gasteiger charge is -2.07. The number of aromatic nitrogens is 2. The molecular weight excluding hydrogens is 234 g/mol. The first-order valence-electron chi connectivity index (χ1n) is 5.23. The zero-order valence-corrected chi connectivity index (χ0v) is 10.8. The van der Waals surface area contributed by atoms with Gasteiger partial charge in [-0.25, -0.2) is 4.68 Å². The van der Waals surface area contributed by atoms with E-state index in [0.717, 1.165) is 28.2 Å². The maximum Gasteiger partial charge on any atom is 0.205 e. The van der Waals surface area contributed by atoms with Crippen LogP contribution in [0.25, 0.3) is 5.69 Å². The van der Waals surface area contributed by atoms with Gasteiger partial charge in [0.2, 0.25) is 4.80 Å². The van der Waals surface area contributed by atoms with Crippen LogP contribution >= 0.6 is 11.3 Å². The van der Waals surface area contributed by atoms with Crippen molar-refractivity contribution < 1.29 is 4.79 Å². The van der Waals surface area contributed by atoms with Crippen molar-refractivity contribution >= 4 is 17.1 Å². The Hall–Kier alpha value is -1.75. The van der Waals surface area contributed by atoms with Crippen molar-refractivity contribution in [3.8, 4) is 5.69 Å². The molecule has 1 heterocycles. The van der Waals surface area contributed by atoms with Crippen LogP contribution in [0.1, 0.15) is 27.9 Å². The Kier molecular flexibility index (Phi) is 2.93. The third kappa shape index (κ3) is 2.06. The van der Waals surface area contributed by atoms with Crippen molar-refractivity contribution in [1.82, 2.24) is 9.78 Å². The molecule has 0 bridgehead atoms. The molecule has 0 spiro atoms. The number of Topliss-reactive ketones (excluding diaryl/α,β-unsaturated/α-hetero) is 1. The summed E-state index contributed by atoms with van der Waals surface area (Å²) in [7, 11) is 0. The molecule has 88 valence electrons. The van der Waals surface area contributed by atoms with Gasteiger partial charge in [0, 0.05) is 6.92 Å². The van der Waals surface area contributed by atoms with E-state index in [1.165, 1.54) is 11.6 Å². The highest BCUT2D eigenvalue weighted by Crippen LogP contribution is 2.16. The van der Waals surface area contributed by atoms with Crippen LogP contribution in [0.5, 0.6) is 0 Å². The molecule has 0 aliphatic heterocycles. The minimum absolute atomic E-state index is 0.104. The quantitative estimate of drug-likeness (QED) is 0.827. The second kappa shape index (κ2) is 4.25. The van der Waals surface area contributed by atoms with E-state index in [0.29, 0.717) is 5.01 Å². The Morgan fingerprint density at radius 3 is 2.71 bits per heavy atom. The average molecular weight is 247 g/mol. The lowest BCUT2D eigenvalue weighted by molar-refractivity contribution is 0.101. The molecule has 0 radical (unpaired) electrons. The normalized spacial score (nSPS) is 10.5. The summed E-state index contributed by atoms with van der Waals surface area (Å²) in [5.41, 5.74) is 3.08. The number of carbonyl (C=O) groups excluding carboxylic acids is 1. The highest BCUT2D eigenvalue weighted by Gasteiger charge is 2.11. The third-order valence-electron chi connectivity index (χ3n) is 2.68. The number of hydrogen-bond donors (Lipinski definition) is 1. The van der Waals surface area contributed by atoms with Crippen LogP contribution in [0, 0.1) is 19.3 Å². The first-order chi connectivity index (χ1) is 8.00. The van der Waals surface area contributed by atoms with E-state index in [9.17, 15) is 4.79 Å². The van der Waals surface area contributed by atoms with E-state index < -0.39 is 0 Å². The second-order valence-corrected chi connectivity index (χ2v) is 4.88. The summed E-state index contributed by atoms with van der Waals surface area (Å²) in [6.45, 7) is 5.47. The fourth-order valence-electron chi connectivity index (χ4n) is 1.56. The molecule has 5 heteroatoms. The predicted octanol–water partition coefficient (Wildman–Crippen LogP) is 2.23. The van der Waals surface area contributed by atoms with E-state index in [1.807, 2.05) is 32.0 Å². The standard InChI is InChI=1S/C12H13N3OS/c1-7-5-4-6-10(8(7)2)15-12(13)17-11(14-15)9(3)16/h4-6,13H,1-3H3. The van der Waals surface area contributed by atoms with Gasteiger partial charge in [-0.3, -0.25) is 10.2 Å². The van der Waals surface area contributed by atoms with Crippen molar-refractivity contribution in [2.24, 2.45) is 0 Å². The predicted molar refractivity (Wildman–Crippen MR) is 66.8 cm³/mol. The minimum Gasteiger partial charge on any atom is -0.292 e. The fraction of sp³-hybridized carbons (Fsp3) is 0.250. The molecule has 0 aliphatic carbocycles. The smallest absolute Gasteiger partial charge is 0.205 e. The van der Waals surface area contributed by atoms with Crippen molar-refractivity contribution in [3.63, 3.8) is 0 Å². The minimum atomic E-state index is -0.104. The maximum atomic E-state index is 11.2. The molecule has 1 aromatic carbocycles. The lowest BCUT2D eigenvalue weighted by Crippen LogP contribution is -2.14. The largest absolute Gasteiger partial charge is 0.292 e. The second-order valence-electron chi connectivity index (χ2n) is 3.90. The lowest BCUT2D eigenvalue weighted by atomic mass is 10.1. The van der Waals surface area contributed by atoms with Gasteiger partial charge in [-0.1, -0.05) is 23.5 Å². The van der Waals surface area contributed by atoms with Crippen molar-refractivity contribution in [2.75, 3.05) is 0 Å². The molecule has 4 nitrogen and oxygen atoms in total. The summed E-state index contributed by atoms with van der Waals surface area (Å²) < 4.78 is 1.52. The van der Waals surface area contributed by atoms with Gasteiger partial charge >= 0.3 is 0 Å². The van der Waals surface area contributed by atoms with Crippen molar-refractivity contribution in [2.45, 2.75) is 20.8 Å². The molecule has 0 saturated heterocycles. The number of benzene rings is 1. The summed E-state index contributed by atoms with van der Waals surface area (Å²) in [5.74, 6) is -0.104.